The van der Waals surface area contributed by atoms with Crippen LogP contribution in [0.2, 0.25) is 0 Å². The van der Waals surface area contributed by atoms with E-state index >= 15 is 0 Å². The van der Waals surface area contributed by atoms with Crippen molar-refractivity contribution in [1.29, 1.82) is 0 Å². The summed E-state index contributed by atoms with van der Waals surface area (Å²) in [5.41, 5.74) is 2.92. The van der Waals surface area contributed by atoms with Gasteiger partial charge in [0.1, 0.15) is 5.75 Å². The molecule has 2 aliphatic heterocycles. The normalized spacial score (nSPS) is 19.5. The molecule has 1 amide bonds. The van der Waals surface area contributed by atoms with Crippen LogP contribution in [0.15, 0.2) is 36.4 Å². The molecule has 3 heterocycles. The lowest BCUT2D eigenvalue weighted by atomic mass is 9.94. The molecule has 2 aliphatic rings. The maximum atomic E-state index is 13.9. The molecule has 2 aromatic carbocycles. The molecular weight excluding hydrogens is 407 g/mol. The summed E-state index contributed by atoms with van der Waals surface area (Å²) in [5, 5.41) is 4.61. The van der Waals surface area contributed by atoms with Crippen LogP contribution >= 0.6 is 0 Å². The predicted octanol–water partition coefficient (Wildman–Crippen LogP) is 4.42. The molecular formula is C23H20F3N3O2. The summed E-state index contributed by atoms with van der Waals surface area (Å²) in [6.07, 6.45) is 2.09. The summed E-state index contributed by atoms with van der Waals surface area (Å²) in [6, 6.07) is 8.75. The van der Waals surface area contributed by atoms with Crippen molar-refractivity contribution in [2.45, 2.75) is 31.3 Å². The minimum absolute atomic E-state index is 0.0470. The number of nitrogens with zero attached hydrogens (tertiary/aromatic N) is 3. The number of ether oxygens (including phenoxy) is 1. The highest BCUT2D eigenvalue weighted by Crippen LogP contribution is 2.46. The lowest BCUT2D eigenvalue weighted by molar-refractivity contribution is 0.0642. The summed E-state index contributed by atoms with van der Waals surface area (Å²) < 4.78 is 48.0. The van der Waals surface area contributed by atoms with E-state index in [1.165, 1.54) is 0 Å². The van der Waals surface area contributed by atoms with Gasteiger partial charge < -0.3 is 9.64 Å². The summed E-state index contributed by atoms with van der Waals surface area (Å²) >= 11 is 0. The first-order valence-corrected chi connectivity index (χ1v) is 10.1. The largest absolute Gasteiger partial charge is 0.497 e. The van der Waals surface area contributed by atoms with Crippen LogP contribution in [0.4, 0.5) is 13.2 Å². The Balaban J connectivity index is 1.55. The van der Waals surface area contributed by atoms with E-state index in [0.29, 0.717) is 23.4 Å². The number of hydrogen-bond donors (Lipinski definition) is 0. The second-order valence-corrected chi connectivity index (χ2v) is 7.99. The van der Waals surface area contributed by atoms with Crippen LogP contribution in [0.5, 0.6) is 5.75 Å². The van der Waals surface area contributed by atoms with Gasteiger partial charge in [-0.05, 0) is 49.6 Å². The lowest BCUT2D eigenvalue weighted by Gasteiger charge is -2.34. The number of carbonyl (C=O) groups excluding carboxylic acids is 1. The number of aromatic nitrogens is 2. The average molecular weight is 427 g/mol. The van der Waals surface area contributed by atoms with Crippen LogP contribution in [0, 0.1) is 17.5 Å². The first-order valence-electron chi connectivity index (χ1n) is 10.1. The predicted molar refractivity (Wildman–Crippen MR) is 107 cm³/mol. The van der Waals surface area contributed by atoms with Crippen molar-refractivity contribution in [1.82, 2.24) is 14.7 Å². The van der Waals surface area contributed by atoms with E-state index in [4.69, 9.17) is 4.74 Å². The molecule has 160 valence electrons. The summed E-state index contributed by atoms with van der Waals surface area (Å²) in [4.78, 5) is 15.2. The van der Waals surface area contributed by atoms with Crippen molar-refractivity contribution in [3.8, 4) is 17.0 Å². The maximum absolute atomic E-state index is 13.9. The highest BCUT2D eigenvalue weighted by atomic mass is 19.2. The van der Waals surface area contributed by atoms with Gasteiger partial charge in [0.15, 0.2) is 17.5 Å². The lowest BCUT2D eigenvalue weighted by Crippen LogP contribution is -2.41. The third kappa shape index (κ3) is 3.00. The van der Waals surface area contributed by atoms with E-state index in [2.05, 4.69) is 5.10 Å². The molecule has 1 fully saturated rings. The Morgan fingerprint density at radius 3 is 2.58 bits per heavy atom. The molecule has 1 saturated heterocycles. The molecule has 1 aromatic heterocycles. The third-order valence-corrected chi connectivity index (χ3v) is 6.24. The average Bonchev–Trinajstić information content (AvgIpc) is 3.27. The number of methoxy groups -OCH3 is 1. The standard InChI is InChI=1S/C23H20F3N3O2/c1-28-22(13-9-17(24)20(26)18(25)10-13)16-11-14-6-7-19(21(16)27-28)29(14)23(30)12-4-3-5-15(8-12)31-2/h3-5,8-10,14,19H,6-7,11H2,1-2H3. The summed E-state index contributed by atoms with van der Waals surface area (Å²) in [5.74, 6) is -3.45. The van der Waals surface area contributed by atoms with Gasteiger partial charge in [-0.25, -0.2) is 13.2 Å². The number of aryl methyl sites for hydroxylation is 1. The zero-order valence-corrected chi connectivity index (χ0v) is 17.0. The van der Waals surface area contributed by atoms with E-state index in [0.717, 1.165) is 36.2 Å². The number of hydrogen-bond acceptors (Lipinski definition) is 3. The van der Waals surface area contributed by atoms with Crippen molar-refractivity contribution in [3.63, 3.8) is 0 Å². The zero-order chi connectivity index (χ0) is 21.9. The molecule has 0 saturated carbocycles. The molecule has 31 heavy (non-hydrogen) atoms. The molecule has 2 bridgehead atoms. The van der Waals surface area contributed by atoms with Crippen molar-refractivity contribution >= 4 is 5.91 Å². The van der Waals surface area contributed by atoms with Gasteiger partial charge in [-0.3, -0.25) is 9.48 Å². The van der Waals surface area contributed by atoms with Crippen LogP contribution in [0.3, 0.4) is 0 Å². The van der Waals surface area contributed by atoms with Gasteiger partial charge in [0.05, 0.1) is 24.5 Å². The van der Waals surface area contributed by atoms with Gasteiger partial charge in [-0.15, -0.1) is 0 Å². The fourth-order valence-electron chi connectivity index (χ4n) is 4.91. The number of benzene rings is 2. The molecule has 8 heteroatoms. The highest BCUT2D eigenvalue weighted by molar-refractivity contribution is 5.95. The SMILES string of the molecule is COc1cccc(C(=O)N2C3CCC2c2nn(C)c(-c4cc(F)c(F)c(F)c4)c2C3)c1. The van der Waals surface area contributed by atoms with Gasteiger partial charge in [0.2, 0.25) is 0 Å². The number of fused-ring (bicyclic) bond motifs is 4. The van der Waals surface area contributed by atoms with Crippen molar-refractivity contribution in [2.75, 3.05) is 7.11 Å². The number of halogens is 3. The van der Waals surface area contributed by atoms with Gasteiger partial charge in [0, 0.05) is 29.8 Å². The van der Waals surface area contributed by atoms with Crippen LogP contribution in [-0.2, 0) is 13.5 Å². The van der Waals surface area contributed by atoms with Crippen LogP contribution < -0.4 is 4.74 Å². The minimum atomic E-state index is -1.49. The van der Waals surface area contributed by atoms with E-state index in [1.54, 1.807) is 43.1 Å². The van der Waals surface area contributed by atoms with Crippen LogP contribution in [0.1, 0.15) is 40.5 Å². The monoisotopic (exact) mass is 427 g/mol. The van der Waals surface area contributed by atoms with Gasteiger partial charge in [-0.2, -0.15) is 5.10 Å². The highest BCUT2D eigenvalue weighted by Gasteiger charge is 2.45. The molecule has 0 radical (unpaired) electrons. The maximum Gasteiger partial charge on any atom is 0.254 e. The fourth-order valence-corrected chi connectivity index (χ4v) is 4.91. The minimum Gasteiger partial charge on any atom is -0.497 e. The second kappa shape index (κ2) is 7.14. The summed E-state index contributed by atoms with van der Waals surface area (Å²) in [6.45, 7) is 0. The van der Waals surface area contributed by atoms with Gasteiger partial charge in [-0.1, -0.05) is 6.07 Å². The topological polar surface area (TPSA) is 47.4 Å². The Bertz CT molecular complexity index is 1180. The smallest absolute Gasteiger partial charge is 0.254 e. The molecule has 0 aliphatic carbocycles. The Labute approximate surface area is 177 Å². The number of carbonyl (C=O) groups is 1. The van der Waals surface area contributed by atoms with E-state index < -0.39 is 17.5 Å². The van der Waals surface area contributed by atoms with E-state index in [9.17, 15) is 18.0 Å². The number of rotatable bonds is 3. The number of amides is 1. The Morgan fingerprint density at radius 2 is 1.87 bits per heavy atom. The van der Waals surface area contributed by atoms with Gasteiger partial charge >= 0.3 is 0 Å². The summed E-state index contributed by atoms with van der Waals surface area (Å²) in [7, 11) is 3.24. The van der Waals surface area contributed by atoms with E-state index in [-0.39, 0.29) is 23.6 Å². The first kappa shape index (κ1) is 19.7. The van der Waals surface area contributed by atoms with E-state index in [1.807, 2.05) is 4.90 Å². The van der Waals surface area contributed by atoms with Gasteiger partial charge in [0.25, 0.3) is 5.91 Å². The van der Waals surface area contributed by atoms with Crippen molar-refractivity contribution < 1.29 is 22.7 Å². The van der Waals surface area contributed by atoms with Crippen LogP contribution in [0.25, 0.3) is 11.3 Å². The van der Waals surface area contributed by atoms with Crippen molar-refractivity contribution in [2.24, 2.45) is 7.05 Å². The molecule has 2 unspecified atom stereocenters. The Hall–Kier alpha value is -3.29. The Kier molecular flexibility index (Phi) is 4.53. The zero-order valence-electron chi connectivity index (χ0n) is 17.0. The molecule has 0 spiro atoms. The first-order chi connectivity index (χ1) is 14.9. The molecule has 2 atom stereocenters. The Morgan fingerprint density at radius 1 is 1.13 bits per heavy atom. The molecule has 0 N–H and O–H groups in total. The molecule has 5 nitrogen and oxygen atoms in total. The second-order valence-electron chi connectivity index (χ2n) is 7.99. The molecule has 5 rings (SSSR count). The van der Waals surface area contributed by atoms with Crippen LogP contribution in [-0.4, -0.2) is 33.7 Å². The third-order valence-electron chi connectivity index (χ3n) is 6.24. The quantitative estimate of drug-likeness (QED) is 0.582. The molecule has 3 aromatic rings. The fraction of sp³-hybridized carbons (Fsp3) is 0.304. The van der Waals surface area contributed by atoms with Crippen molar-refractivity contribution in [3.05, 3.63) is 70.7 Å².